The lowest BCUT2D eigenvalue weighted by Crippen LogP contribution is -2.08. The molecule has 0 unspecified atom stereocenters. The van der Waals surface area contributed by atoms with Crippen LogP contribution in [0.25, 0.3) is 71.0 Å². The van der Waals surface area contributed by atoms with Gasteiger partial charge in [-0.3, -0.25) is 0 Å². The second-order valence-corrected chi connectivity index (χ2v) is 13.7. The largest absolute Gasteiger partial charge is 0.416 e. The zero-order chi connectivity index (χ0) is 42.6. The van der Waals surface area contributed by atoms with Crippen LogP contribution in [-0.4, -0.2) is 9.13 Å². The van der Waals surface area contributed by atoms with Gasteiger partial charge in [0, 0.05) is 32.7 Å². The third-order valence-corrected chi connectivity index (χ3v) is 10.1. The normalized spacial score (nSPS) is 12.8. The van der Waals surface area contributed by atoms with Gasteiger partial charge in [-0.1, -0.05) is 23.8 Å². The number of alkyl halides is 12. The lowest BCUT2D eigenvalue weighted by molar-refractivity contribution is -0.138. The quantitative estimate of drug-likeness (QED) is 0.129. The van der Waals surface area contributed by atoms with Crippen molar-refractivity contribution in [2.75, 3.05) is 0 Å². The molecule has 4 nitrogen and oxygen atoms in total. The maximum atomic E-state index is 14.1. The Bertz CT molecular complexity index is 3070. The SMILES string of the molecule is [C-]#[N+]c1cc(C(F)(F)F)ccc1-c1c(-n2c3ccc(C)cc3c3cc(C(F)(F)F)ccc32)cc(C#N)cc1-n1c2ccc(C(F)(F)F)cc2c2cc(C(F)(F)F)ccc21. The van der Waals surface area contributed by atoms with Crippen LogP contribution < -0.4 is 0 Å². The molecule has 0 aliphatic carbocycles. The van der Waals surface area contributed by atoms with Gasteiger partial charge in [0.15, 0.2) is 5.69 Å². The van der Waals surface area contributed by atoms with Crippen molar-refractivity contribution < 1.29 is 52.7 Å². The van der Waals surface area contributed by atoms with Gasteiger partial charge >= 0.3 is 24.7 Å². The van der Waals surface area contributed by atoms with Gasteiger partial charge in [0.05, 0.1) is 68.3 Å². The molecule has 2 heterocycles. The Labute approximate surface area is 324 Å². The van der Waals surface area contributed by atoms with Crippen LogP contribution in [-0.2, 0) is 24.7 Å². The summed E-state index contributed by atoms with van der Waals surface area (Å²) in [6.45, 7) is 9.66. The van der Waals surface area contributed by atoms with Gasteiger partial charge in [0.25, 0.3) is 0 Å². The highest BCUT2D eigenvalue weighted by atomic mass is 19.4. The van der Waals surface area contributed by atoms with Crippen molar-refractivity contribution >= 4 is 49.3 Å². The summed E-state index contributed by atoms with van der Waals surface area (Å²) < 4.78 is 172. The van der Waals surface area contributed by atoms with Crippen molar-refractivity contribution in [3.05, 3.63) is 148 Å². The minimum absolute atomic E-state index is 0.0545. The van der Waals surface area contributed by atoms with Crippen molar-refractivity contribution in [2.24, 2.45) is 0 Å². The van der Waals surface area contributed by atoms with Crippen LogP contribution in [0.15, 0.2) is 103 Å². The number of nitriles is 1. The molecule has 59 heavy (non-hydrogen) atoms. The van der Waals surface area contributed by atoms with Crippen molar-refractivity contribution in [3.63, 3.8) is 0 Å². The van der Waals surface area contributed by atoms with E-state index in [0.29, 0.717) is 47.3 Å². The van der Waals surface area contributed by atoms with Crippen molar-refractivity contribution in [1.29, 1.82) is 5.26 Å². The molecule has 0 atom stereocenters. The molecule has 0 amide bonds. The Hall–Kier alpha value is -6.94. The number of hydrogen-bond donors (Lipinski definition) is 0. The summed E-state index contributed by atoms with van der Waals surface area (Å²) in [7, 11) is 0. The maximum absolute atomic E-state index is 14.1. The van der Waals surface area contributed by atoms with E-state index in [1.807, 2.05) is 6.07 Å². The second kappa shape index (κ2) is 13.0. The first-order chi connectivity index (χ1) is 27.6. The van der Waals surface area contributed by atoms with E-state index < -0.39 is 52.6 Å². The Morgan fingerprint density at radius 2 is 0.847 bits per heavy atom. The smallest absolute Gasteiger partial charge is 0.309 e. The lowest BCUT2D eigenvalue weighted by Gasteiger charge is -2.22. The predicted octanol–water partition coefficient (Wildman–Crippen LogP) is 14.4. The van der Waals surface area contributed by atoms with Gasteiger partial charge in [-0.2, -0.15) is 57.9 Å². The molecule has 0 saturated heterocycles. The number of hydrogen-bond acceptors (Lipinski definition) is 1. The monoisotopic (exact) mass is 820 g/mol. The van der Waals surface area contributed by atoms with Gasteiger partial charge in [-0.15, -0.1) is 0 Å². The van der Waals surface area contributed by atoms with Gasteiger partial charge < -0.3 is 9.13 Å². The summed E-state index contributed by atoms with van der Waals surface area (Å²) in [4.78, 5) is 3.38. The van der Waals surface area contributed by atoms with E-state index in [-0.39, 0.29) is 66.3 Å². The Kier molecular flexibility index (Phi) is 8.60. The molecule has 0 spiro atoms. The summed E-state index contributed by atoms with van der Waals surface area (Å²) >= 11 is 0. The van der Waals surface area contributed by atoms with Crippen LogP contribution in [0.3, 0.4) is 0 Å². The van der Waals surface area contributed by atoms with E-state index in [1.165, 1.54) is 21.3 Å². The third kappa shape index (κ3) is 6.45. The number of halogens is 12. The molecular formula is C43H20F12N4. The average molecular weight is 821 g/mol. The minimum atomic E-state index is -4.94. The highest BCUT2D eigenvalue weighted by Gasteiger charge is 2.36. The average Bonchev–Trinajstić information content (AvgIpc) is 3.67. The fraction of sp³-hybridized carbons (Fsp3) is 0.116. The third-order valence-electron chi connectivity index (χ3n) is 10.1. The molecule has 296 valence electrons. The van der Waals surface area contributed by atoms with Gasteiger partial charge in [0.2, 0.25) is 0 Å². The summed E-state index contributed by atoms with van der Waals surface area (Å²) in [5.74, 6) is 0. The zero-order valence-corrected chi connectivity index (χ0v) is 29.6. The standard InChI is InChI=1S/C43H20F12N4/c1-21-3-9-33-28(13-21)29-16-23(40(44,45)46)5-10-34(29)58(33)37-14-22(20-56)15-38(39(37)27-8-4-26(43(53,54)55)19-32(27)57-2)59-35-11-6-24(41(47,48)49)17-30(35)31-18-25(42(50,51)52)7-12-36(31)59/h3-19H,1H3. The number of rotatable bonds is 3. The van der Waals surface area contributed by atoms with Crippen molar-refractivity contribution in [1.82, 2.24) is 9.13 Å². The van der Waals surface area contributed by atoms with Gasteiger partial charge in [-0.25, -0.2) is 4.85 Å². The van der Waals surface area contributed by atoms with Crippen LogP contribution in [0.2, 0.25) is 0 Å². The number of benzene rings is 6. The predicted molar refractivity (Wildman–Crippen MR) is 196 cm³/mol. The summed E-state index contributed by atoms with van der Waals surface area (Å²) in [6.07, 6.45) is -19.6. The van der Waals surface area contributed by atoms with Crippen LogP contribution in [0.4, 0.5) is 58.4 Å². The fourth-order valence-corrected chi connectivity index (χ4v) is 7.53. The van der Waals surface area contributed by atoms with Crippen molar-refractivity contribution in [2.45, 2.75) is 31.6 Å². The Balaban J connectivity index is 1.61. The molecule has 8 aromatic rings. The summed E-state index contributed by atoms with van der Waals surface area (Å²) in [6, 6.07) is 19.1. The van der Waals surface area contributed by atoms with E-state index >= 15 is 0 Å². The highest BCUT2D eigenvalue weighted by molar-refractivity contribution is 6.13. The topological polar surface area (TPSA) is 38.0 Å². The Morgan fingerprint density at radius 1 is 0.492 bits per heavy atom. The molecule has 0 fully saturated rings. The molecule has 6 aromatic carbocycles. The molecule has 0 saturated carbocycles. The number of fused-ring (bicyclic) bond motifs is 6. The first-order valence-corrected chi connectivity index (χ1v) is 17.1. The van der Waals surface area contributed by atoms with Gasteiger partial charge in [-0.05, 0) is 97.4 Å². The van der Waals surface area contributed by atoms with Gasteiger partial charge in [0.1, 0.15) is 0 Å². The molecule has 0 aliphatic rings. The first kappa shape index (κ1) is 38.9. The number of aromatic nitrogens is 2. The van der Waals surface area contributed by atoms with E-state index in [4.69, 9.17) is 6.57 Å². The van der Waals surface area contributed by atoms with Crippen molar-refractivity contribution in [3.8, 4) is 28.6 Å². The van der Waals surface area contributed by atoms with Crippen LogP contribution in [0.1, 0.15) is 33.4 Å². The van der Waals surface area contributed by atoms with E-state index in [0.717, 1.165) is 36.4 Å². The van der Waals surface area contributed by atoms with E-state index in [9.17, 15) is 57.9 Å². The summed E-state index contributed by atoms with van der Waals surface area (Å²) in [5.41, 5.74) is -5.11. The minimum Gasteiger partial charge on any atom is -0.309 e. The molecule has 0 radical (unpaired) electrons. The zero-order valence-electron chi connectivity index (χ0n) is 29.6. The Morgan fingerprint density at radius 3 is 1.22 bits per heavy atom. The molecule has 0 bridgehead atoms. The molecule has 8 rings (SSSR count). The molecule has 2 aromatic heterocycles. The van der Waals surface area contributed by atoms with E-state index in [2.05, 4.69) is 4.85 Å². The first-order valence-electron chi connectivity index (χ1n) is 17.1. The lowest BCUT2D eigenvalue weighted by atomic mass is 9.95. The molecule has 0 N–H and O–H groups in total. The van der Waals surface area contributed by atoms with E-state index in [1.54, 1.807) is 25.1 Å². The van der Waals surface area contributed by atoms with Crippen LogP contribution in [0.5, 0.6) is 0 Å². The van der Waals surface area contributed by atoms with Crippen LogP contribution in [0, 0.1) is 24.8 Å². The maximum Gasteiger partial charge on any atom is 0.416 e. The summed E-state index contributed by atoms with van der Waals surface area (Å²) in [5, 5.41) is 10.2. The highest BCUT2D eigenvalue weighted by Crippen LogP contribution is 2.48. The fourth-order valence-electron chi connectivity index (χ4n) is 7.53. The molecule has 0 aliphatic heterocycles. The van der Waals surface area contributed by atoms with Crippen LogP contribution >= 0.6 is 0 Å². The second-order valence-electron chi connectivity index (χ2n) is 13.7. The molecular weight excluding hydrogens is 800 g/mol. The molecule has 16 heteroatoms. The number of nitrogens with zero attached hydrogens (tertiary/aromatic N) is 4. The number of aryl methyl sites for hydroxylation is 1.